The molecule has 3 unspecified atom stereocenters. The van der Waals surface area contributed by atoms with E-state index in [0.29, 0.717) is 5.54 Å². The van der Waals surface area contributed by atoms with Gasteiger partial charge >= 0.3 is 0 Å². The normalized spacial score (nSPS) is 49.6. The van der Waals surface area contributed by atoms with Crippen molar-refractivity contribution in [2.45, 2.75) is 37.6 Å². The number of nitrogens with two attached hydrogens (primary N) is 1. The first-order valence-corrected chi connectivity index (χ1v) is 5.82. The maximum Gasteiger partial charge on any atom is 0.0362 e. The first-order valence-electron chi connectivity index (χ1n) is 5.82. The number of fused-ring (bicyclic) bond motifs is 1. The van der Waals surface area contributed by atoms with E-state index in [9.17, 15) is 0 Å². The number of hydrogen-bond acceptors (Lipinski definition) is 2. The topological polar surface area (TPSA) is 29.3 Å². The van der Waals surface area contributed by atoms with Crippen molar-refractivity contribution in [1.82, 2.24) is 4.90 Å². The fourth-order valence-corrected chi connectivity index (χ4v) is 3.78. The summed E-state index contributed by atoms with van der Waals surface area (Å²) in [6, 6.07) is 0. The Labute approximate surface area is 80.5 Å². The second kappa shape index (κ2) is 2.71. The van der Waals surface area contributed by atoms with Gasteiger partial charge in [-0.05, 0) is 57.0 Å². The highest BCUT2D eigenvalue weighted by Gasteiger charge is 2.59. The van der Waals surface area contributed by atoms with Crippen LogP contribution in [0.2, 0.25) is 0 Å². The summed E-state index contributed by atoms with van der Waals surface area (Å²) in [5.41, 5.74) is 6.48. The molecule has 3 fully saturated rings. The molecule has 0 aromatic heterocycles. The molecule has 0 amide bonds. The van der Waals surface area contributed by atoms with Crippen LogP contribution >= 0.6 is 0 Å². The van der Waals surface area contributed by atoms with E-state index in [-0.39, 0.29) is 0 Å². The van der Waals surface area contributed by atoms with E-state index in [0.717, 1.165) is 18.4 Å². The van der Waals surface area contributed by atoms with E-state index in [4.69, 9.17) is 5.73 Å². The van der Waals surface area contributed by atoms with Gasteiger partial charge < -0.3 is 5.73 Å². The van der Waals surface area contributed by atoms with Crippen molar-refractivity contribution in [3.63, 3.8) is 0 Å². The van der Waals surface area contributed by atoms with Crippen LogP contribution in [0.15, 0.2) is 0 Å². The average Bonchev–Trinajstić information content (AvgIpc) is 2.67. The van der Waals surface area contributed by atoms with E-state index >= 15 is 0 Å². The lowest BCUT2D eigenvalue weighted by Crippen LogP contribution is -2.53. The zero-order valence-corrected chi connectivity index (χ0v) is 8.34. The van der Waals surface area contributed by atoms with Crippen LogP contribution in [0.3, 0.4) is 0 Å². The van der Waals surface area contributed by atoms with Gasteiger partial charge in [-0.2, -0.15) is 0 Å². The summed E-state index contributed by atoms with van der Waals surface area (Å²) in [4.78, 5) is 2.71. The van der Waals surface area contributed by atoms with E-state index in [2.05, 4.69) is 4.90 Å². The molecule has 3 aliphatic rings. The Balaban J connectivity index is 1.82. The molecule has 0 spiro atoms. The predicted molar refractivity (Wildman–Crippen MR) is 53.4 cm³/mol. The lowest BCUT2D eigenvalue weighted by atomic mass is 9.91. The number of rotatable bonds is 2. The van der Waals surface area contributed by atoms with Crippen LogP contribution in [0.1, 0.15) is 32.1 Å². The summed E-state index contributed by atoms with van der Waals surface area (Å²) >= 11 is 0. The second-order valence-corrected chi connectivity index (χ2v) is 5.14. The number of nitrogens with zero attached hydrogens (tertiary/aromatic N) is 1. The van der Waals surface area contributed by atoms with Crippen LogP contribution in [-0.2, 0) is 0 Å². The van der Waals surface area contributed by atoms with Crippen LogP contribution < -0.4 is 5.73 Å². The van der Waals surface area contributed by atoms with Crippen molar-refractivity contribution >= 4 is 0 Å². The largest absolute Gasteiger partial charge is 0.329 e. The Kier molecular flexibility index (Phi) is 1.72. The molecule has 1 heterocycles. The van der Waals surface area contributed by atoms with E-state index in [1.54, 1.807) is 0 Å². The van der Waals surface area contributed by atoms with Gasteiger partial charge in [0, 0.05) is 12.1 Å². The molecule has 1 aliphatic heterocycles. The molecular formula is C11H20N2. The Morgan fingerprint density at radius 3 is 2.54 bits per heavy atom. The Hall–Kier alpha value is -0.0800. The van der Waals surface area contributed by atoms with Crippen molar-refractivity contribution in [3.8, 4) is 0 Å². The van der Waals surface area contributed by atoms with Gasteiger partial charge in [0.05, 0.1) is 0 Å². The molecule has 74 valence electrons. The van der Waals surface area contributed by atoms with Crippen LogP contribution in [0.25, 0.3) is 0 Å². The summed E-state index contributed by atoms with van der Waals surface area (Å²) in [7, 11) is 0. The molecule has 3 rings (SSSR count). The third-order valence-electron chi connectivity index (χ3n) is 4.65. The van der Waals surface area contributed by atoms with Gasteiger partial charge in [-0.3, -0.25) is 4.90 Å². The van der Waals surface area contributed by atoms with Crippen LogP contribution in [0.5, 0.6) is 0 Å². The van der Waals surface area contributed by atoms with Gasteiger partial charge in [-0.15, -0.1) is 0 Å². The smallest absolute Gasteiger partial charge is 0.0362 e. The van der Waals surface area contributed by atoms with Crippen molar-refractivity contribution in [3.05, 3.63) is 0 Å². The molecule has 2 heteroatoms. The predicted octanol–water partition coefficient (Wildman–Crippen LogP) is 1.21. The zero-order chi connectivity index (χ0) is 8.89. The van der Waals surface area contributed by atoms with Gasteiger partial charge in [-0.25, -0.2) is 0 Å². The van der Waals surface area contributed by atoms with Crippen LogP contribution in [0.4, 0.5) is 0 Å². The quantitative estimate of drug-likeness (QED) is 0.692. The first-order chi connectivity index (χ1) is 6.37. The minimum absolute atomic E-state index is 0.459. The minimum atomic E-state index is 0.459. The lowest BCUT2D eigenvalue weighted by Gasteiger charge is -2.39. The Bertz CT molecular complexity index is 210. The zero-order valence-electron chi connectivity index (χ0n) is 8.34. The minimum Gasteiger partial charge on any atom is -0.329 e. The third-order valence-corrected chi connectivity index (χ3v) is 4.65. The lowest BCUT2D eigenvalue weighted by molar-refractivity contribution is 0.107. The van der Waals surface area contributed by atoms with E-state index in [1.807, 2.05) is 0 Å². The Morgan fingerprint density at radius 1 is 1.31 bits per heavy atom. The fraction of sp³-hybridized carbons (Fsp3) is 1.00. The van der Waals surface area contributed by atoms with E-state index < -0.39 is 0 Å². The van der Waals surface area contributed by atoms with Crippen molar-refractivity contribution in [2.75, 3.05) is 19.6 Å². The highest BCUT2D eigenvalue weighted by Crippen LogP contribution is 2.59. The van der Waals surface area contributed by atoms with Gasteiger partial charge in [-0.1, -0.05) is 0 Å². The molecule has 2 nitrogen and oxygen atoms in total. The first kappa shape index (κ1) is 8.25. The summed E-state index contributed by atoms with van der Waals surface area (Å²) < 4.78 is 0. The summed E-state index contributed by atoms with van der Waals surface area (Å²) in [6.45, 7) is 3.55. The molecule has 2 N–H and O–H groups in total. The molecule has 3 atom stereocenters. The Morgan fingerprint density at radius 2 is 2.08 bits per heavy atom. The molecular weight excluding hydrogens is 160 g/mol. The summed E-state index contributed by atoms with van der Waals surface area (Å²) in [5, 5.41) is 0. The molecule has 0 radical (unpaired) electrons. The van der Waals surface area contributed by atoms with Gasteiger partial charge in [0.2, 0.25) is 0 Å². The highest BCUT2D eigenvalue weighted by atomic mass is 15.2. The van der Waals surface area contributed by atoms with Gasteiger partial charge in [0.15, 0.2) is 0 Å². The average molecular weight is 180 g/mol. The van der Waals surface area contributed by atoms with Crippen molar-refractivity contribution < 1.29 is 0 Å². The van der Waals surface area contributed by atoms with Gasteiger partial charge in [0.25, 0.3) is 0 Å². The standard InChI is InChI=1S/C11H20N2/c12-8-11(13-5-1-2-6-13)4-3-9-7-10(9)11/h9-10H,1-8,12H2. The van der Waals surface area contributed by atoms with E-state index in [1.165, 1.54) is 45.2 Å². The third kappa shape index (κ3) is 1.02. The maximum absolute atomic E-state index is 6.02. The van der Waals surface area contributed by atoms with Crippen molar-refractivity contribution in [1.29, 1.82) is 0 Å². The highest BCUT2D eigenvalue weighted by molar-refractivity contribution is 5.13. The molecule has 0 aromatic rings. The van der Waals surface area contributed by atoms with Crippen LogP contribution in [-0.4, -0.2) is 30.1 Å². The summed E-state index contributed by atoms with van der Waals surface area (Å²) in [5.74, 6) is 2.04. The molecule has 1 saturated heterocycles. The second-order valence-electron chi connectivity index (χ2n) is 5.14. The molecule has 0 aromatic carbocycles. The molecule has 0 bridgehead atoms. The molecule has 13 heavy (non-hydrogen) atoms. The monoisotopic (exact) mass is 180 g/mol. The number of hydrogen-bond donors (Lipinski definition) is 1. The van der Waals surface area contributed by atoms with Gasteiger partial charge in [0.1, 0.15) is 0 Å². The summed E-state index contributed by atoms with van der Waals surface area (Å²) in [6.07, 6.45) is 7.13. The van der Waals surface area contributed by atoms with Crippen molar-refractivity contribution in [2.24, 2.45) is 17.6 Å². The molecule has 2 aliphatic carbocycles. The van der Waals surface area contributed by atoms with Crippen LogP contribution in [0, 0.1) is 11.8 Å². The molecule has 2 saturated carbocycles. The number of likely N-dealkylation sites (tertiary alicyclic amines) is 1. The SMILES string of the molecule is NCC1(N2CCCC2)CCC2CC21. The fourth-order valence-electron chi connectivity index (χ4n) is 3.78. The maximum atomic E-state index is 6.02.